The number of hydrogen-bond acceptors (Lipinski definition) is 5. The van der Waals surface area contributed by atoms with Crippen LogP contribution in [0, 0.1) is 0 Å². The highest BCUT2D eigenvalue weighted by Crippen LogP contribution is 2.35. The maximum absolute atomic E-state index is 12.0. The molecule has 0 bridgehead atoms. The molecule has 0 saturated carbocycles. The first-order chi connectivity index (χ1) is 9.52. The van der Waals surface area contributed by atoms with Gasteiger partial charge in [-0.1, -0.05) is 0 Å². The van der Waals surface area contributed by atoms with Gasteiger partial charge in [-0.15, -0.1) is 0 Å². The highest BCUT2D eigenvalue weighted by atomic mass is 16.6. The Bertz CT molecular complexity index is 513. The van der Waals surface area contributed by atoms with Crippen LogP contribution < -0.4 is 9.64 Å². The van der Waals surface area contributed by atoms with Crippen LogP contribution in [0.15, 0.2) is 24.3 Å². The van der Waals surface area contributed by atoms with Crippen molar-refractivity contribution >= 4 is 17.6 Å². The molecule has 1 saturated heterocycles. The second-order valence-corrected chi connectivity index (χ2v) is 4.46. The van der Waals surface area contributed by atoms with Crippen LogP contribution in [0.1, 0.15) is 19.8 Å². The SMILES string of the molecule is CCOC(=O)[C@]1(O)CCC(=O)N1c1ccc(OC)cc1. The number of anilines is 1. The summed E-state index contributed by atoms with van der Waals surface area (Å²) >= 11 is 0. The molecule has 0 spiro atoms. The summed E-state index contributed by atoms with van der Waals surface area (Å²) in [5, 5.41) is 10.5. The zero-order chi connectivity index (χ0) is 14.8. The predicted molar refractivity (Wildman–Crippen MR) is 71.3 cm³/mol. The summed E-state index contributed by atoms with van der Waals surface area (Å²) in [7, 11) is 1.53. The van der Waals surface area contributed by atoms with E-state index in [9.17, 15) is 14.7 Å². The molecular weight excluding hydrogens is 262 g/mol. The molecule has 1 aliphatic rings. The van der Waals surface area contributed by atoms with Crippen molar-refractivity contribution < 1.29 is 24.2 Å². The summed E-state index contributed by atoms with van der Waals surface area (Å²) in [6.07, 6.45) is 0.123. The first kappa shape index (κ1) is 14.3. The Balaban J connectivity index is 2.34. The number of carbonyl (C=O) groups is 2. The molecule has 0 unspecified atom stereocenters. The Morgan fingerprint density at radius 1 is 1.40 bits per heavy atom. The van der Waals surface area contributed by atoms with Crippen LogP contribution in [0.25, 0.3) is 0 Å². The van der Waals surface area contributed by atoms with Crippen LogP contribution in [-0.4, -0.2) is 36.4 Å². The summed E-state index contributed by atoms with van der Waals surface area (Å²) in [4.78, 5) is 25.0. The number of esters is 1. The van der Waals surface area contributed by atoms with Crippen molar-refractivity contribution in [3.63, 3.8) is 0 Å². The Hall–Kier alpha value is -2.08. The average Bonchev–Trinajstić information content (AvgIpc) is 2.76. The van der Waals surface area contributed by atoms with Crippen molar-refractivity contribution in [3.8, 4) is 5.75 Å². The lowest BCUT2D eigenvalue weighted by atomic mass is 10.1. The molecule has 2 rings (SSSR count). The fourth-order valence-corrected chi connectivity index (χ4v) is 2.24. The largest absolute Gasteiger partial charge is 0.497 e. The van der Waals surface area contributed by atoms with Gasteiger partial charge in [0.05, 0.1) is 13.7 Å². The molecule has 1 atom stereocenters. The molecule has 0 aliphatic carbocycles. The number of aliphatic hydroxyl groups is 1. The zero-order valence-corrected chi connectivity index (χ0v) is 11.5. The van der Waals surface area contributed by atoms with Gasteiger partial charge in [0.25, 0.3) is 0 Å². The first-order valence-corrected chi connectivity index (χ1v) is 6.39. The van der Waals surface area contributed by atoms with Gasteiger partial charge in [0.2, 0.25) is 11.6 Å². The minimum atomic E-state index is -1.93. The van der Waals surface area contributed by atoms with Crippen molar-refractivity contribution in [1.29, 1.82) is 0 Å². The fourth-order valence-electron chi connectivity index (χ4n) is 2.24. The molecule has 0 radical (unpaired) electrons. The molecule has 1 aromatic carbocycles. The molecule has 6 heteroatoms. The minimum Gasteiger partial charge on any atom is -0.497 e. The quantitative estimate of drug-likeness (QED) is 0.834. The second kappa shape index (κ2) is 5.50. The number of methoxy groups -OCH3 is 1. The van der Waals surface area contributed by atoms with Gasteiger partial charge in [0, 0.05) is 18.5 Å². The van der Waals surface area contributed by atoms with Crippen LogP contribution in [-0.2, 0) is 14.3 Å². The molecule has 1 amide bonds. The number of amides is 1. The van der Waals surface area contributed by atoms with E-state index in [1.54, 1.807) is 31.2 Å². The monoisotopic (exact) mass is 279 g/mol. The maximum Gasteiger partial charge on any atom is 0.360 e. The minimum absolute atomic E-state index is 0.0245. The highest BCUT2D eigenvalue weighted by Gasteiger charge is 2.52. The standard InChI is InChI=1S/C14H17NO5/c1-3-20-13(17)14(18)9-8-12(16)15(14)10-4-6-11(19-2)7-5-10/h4-7,18H,3,8-9H2,1-2H3/t14-/m1/s1. The summed E-state index contributed by atoms with van der Waals surface area (Å²) in [5.41, 5.74) is -1.49. The van der Waals surface area contributed by atoms with Crippen molar-refractivity contribution in [2.45, 2.75) is 25.5 Å². The molecule has 0 aromatic heterocycles. The molecule has 1 N–H and O–H groups in total. The molecule has 108 valence electrons. The number of nitrogens with zero attached hydrogens (tertiary/aromatic N) is 1. The summed E-state index contributed by atoms with van der Waals surface area (Å²) in [5.74, 6) is -0.493. The van der Waals surface area contributed by atoms with E-state index < -0.39 is 11.7 Å². The van der Waals surface area contributed by atoms with E-state index in [0.29, 0.717) is 11.4 Å². The second-order valence-electron chi connectivity index (χ2n) is 4.46. The lowest BCUT2D eigenvalue weighted by Gasteiger charge is -2.31. The van der Waals surface area contributed by atoms with Crippen molar-refractivity contribution in [2.75, 3.05) is 18.6 Å². The number of ether oxygens (including phenoxy) is 2. The summed E-state index contributed by atoms with van der Waals surface area (Å²) in [6, 6.07) is 6.55. The third kappa shape index (κ3) is 2.34. The van der Waals surface area contributed by atoms with E-state index in [1.807, 2.05) is 0 Å². The summed E-state index contributed by atoms with van der Waals surface area (Å²) in [6.45, 7) is 1.79. The van der Waals surface area contributed by atoms with Gasteiger partial charge in [0.1, 0.15) is 5.75 Å². The van der Waals surface area contributed by atoms with Crippen molar-refractivity contribution in [2.24, 2.45) is 0 Å². The molecule has 20 heavy (non-hydrogen) atoms. The zero-order valence-electron chi connectivity index (χ0n) is 11.5. The molecule has 1 heterocycles. The Kier molecular flexibility index (Phi) is 3.94. The lowest BCUT2D eigenvalue weighted by molar-refractivity contribution is -0.164. The molecule has 1 fully saturated rings. The van der Waals surface area contributed by atoms with Crippen LogP contribution in [0.2, 0.25) is 0 Å². The van der Waals surface area contributed by atoms with E-state index in [2.05, 4.69) is 0 Å². The van der Waals surface area contributed by atoms with E-state index >= 15 is 0 Å². The van der Waals surface area contributed by atoms with Crippen LogP contribution in [0.5, 0.6) is 5.75 Å². The van der Waals surface area contributed by atoms with Crippen LogP contribution >= 0.6 is 0 Å². The van der Waals surface area contributed by atoms with Crippen molar-refractivity contribution in [1.82, 2.24) is 0 Å². The smallest absolute Gasteiger partial charge is 0.360 e. The molecule has 6 nitrogen and oxygen atoms in total. The number of rotatable bonds is 4. The number of benzene rings is 1. The molecule has 1 aromatic rings. The Labute approximate surface area is 116 Å². The maximum atomic E-state index is 12.0. The number of hydrogen-bond donors (Lipinski definition) is 1. The van der Waals surface area contributed by atoms with E-state index in [4.69, 9.17) is 9.47 Å². The third-order valence-corrected chi connectivity index (χ3v) is 3.24. The van der Waals surface area contributed by atoms with Gasteiger partial charge in [-0.3, -0.25) is 9.69 Å². The number of carbonyl (C=O) groups excluding carboxylic acids is 2. The van der Waals surface area contributed by atoms with Gasteiger partial charge in [-0.2, -0.15) is 0 Å². The highest BCUT2D eigenvalue weighted by molar-refractivity contribution is 6.04. The molecule has 1 aliphatic heterocycles. The van der Waals surface area contributed by atoms with Gasteiger partial charge >= 0.3 is 5.97 Å². The Morgan fingerprint density at radius 2 is 2.05 bits per heavy atom. The third-order valence-electron chi connectivity index (χ3n) is 3.24. The van der Waals surface area contributed by atoms with Crippen molar-refractivity contribution in [3.05, 3.63) is 24.3 Å². The Morgan fingerprint density at radius 3 is 2.60 bits per heavy atom. The summed E-state index contributed by atoms with van der Waals surface area (Å²) < 4.78 is 9.91. The fraction of sp³-hybridized carbons (Fsp3) is 0.429. The van der Waals surface area contributed by atoms with Crippen LogP contribution in [0.3, 0.4) is 0 Å². The normalized spacial score (nSPS) is 21.9. The van der Waals surface area contributed by atoms with E-state index in [0.717, 1.165) is 4.90 Å². The van der Waals surface area contributed by atoms with Gasteiger partial charge < -0.3 is 14.6 Å². The first-order valence-electron chi connectivity index (χ1n) is 6.39. The van der Waals surface area contributed by atoms with Gasteiger partial charge in [-0.05, 0) is 31.2 Å². The average molecular weight is 279 g/mol. The van der Waals surface area contributed by atoms with Crippen LogP contribution in [0.4, 0.5) is 5.69 Å². The lowest BCUT2D eigenvalue weighted by Crippen LogP contribution is -2.53. The van der Waals surface area contributed by atoms with Gasteiger partial charge in [0.15, 0.2) is 0 Å². The topological polar surface area (TPSA) is 76.1 Å². The van der Waals surface area contributed by atoms with E-state index in [1.165, 1.54) is 7.11 Å². The van der Waals surface area contributed by atoms with E-state index in [-0.39, 0.29) is 25.4 Å². The van der Waals surface area contributed by atoms with Gasteiger partial charge in [-0.25, -0.2) is 4.79 Å². The molecular formula is C14H17NO5. The predicted octanol–water partition coefficient (Wildman–Crippen LogP) is 1.07.